The molecule has 5 aliphatic rings. The van der Waals surface area contributed by atoms with E-state index in [0.29, 0.717) is 36.1 Å². The zero-order valence-electron chi connectivity index (χ0n) is 20.6. The van der Waals surface area contributed by atoms with E-state index < -0.39 is 0 Å². The highest BCUT2D eigenvalue weighted by atomic mass is 32.1. The molecule has 2 bridgehead atoms. The van der Waals surface area contributed by atoms with E-state index >= 15 is 0 Å². The number of hydrogen-bond acceptors (Lipinski definition) is 5. The number of nitrogens with one attached hydrogen (secondary N) is 1. The lowest BCUT2D eigenvalue weighted by atomic mass is 9.78. The summed E-state index contributed by atoms with van der Waals surface area (Å²) in [7, 11) is 0. The summed E-state index contributed by atoms with van der Waals surface area (Å²) in [5, 5.41) is 8.65. The third-order valence-corrected chi connectivity index (χ3v) is 10.2. The molecule has 35 heavy (non-hydrogen) atoms. The molecule has 2 aliphatic heterocycles. The van der Waals surface area contributed by atoms with E-state index in [1.54, 1.807) is 4.90 Å². The van der Waals surface area contributed by atoms with Crippen molar-refractivity contribution >= 4 is 30.3 Å². The normalized spacial score (nSPS) is 35.1. The Bertz CT molecular complexity index is 978. The number of piperazine rings is 1. The minimum atomic E-state index is 0.00840. The van der Waals surface area contributed by atoms with E-state index in [0.717, 1.165) is 68.9 Å². The Hall–Kier alpha value is -1.86. The van der Waals surface area contributed by atoms with Crippen LogP contribution < -0.4 is 0 Å². The lowest BCUT2D eigenvalue weighted by molar-refractivity contribution is -0.142. The van der Waals surface area contributed by atoms with E-state index in [2.05, 4.69) is 22.4 Å². The van der Waals surface area contributed by atoms with E-state index in [-0.39, 0.29) is 23.7 Å². The minimum Gasteiger partial charge on any atom is -0.354 e. The molecule has 6 rings (SSSR count). The summed E-state index contributed by atoms with van der Waals surface area (Å²) < 4.78 is 0. The summed E-state index contributed by atoms with van der Waals surface area (Å²) in [6.45, 7) is 5.31. The number of thiol groups is 1. The summed E-state index contributed by atoms with van der Waals surface area (Å²) in [5.41, 5.74) is 0.898. The fourth-order valence-corrected chi connectivity index (χ4v) is 8.25. The van der Waals surface area contributed by atoms with Gasteiger partial charge >= 0.3 is 0 Å². The molecular weight excluding hydrogens is 456 g/mol. The zero-order chi connectivity index (χ0) is 24.1. The lowest BCUT2D eigenvalue weighted by Crippen LogP contribution is -2.51. The van der Waals surface area contributed by atoms with Crippen molar-refractivity contribution < 1.29 is 9.59 Å². The molecule has 5 fully saturated rings. The summed E-state index contributed by atoms with van der Waals surface area (Å²) >= 11 is 4.54. The van der Waals surface area contributed by atoms with E-state index in [1.807, 2.05) is 24.3 Å². The van der Waals surface area contributed by atoms with Crippen LogP contribution in [0.1, 0.15) is 50.5 Å². The first-order chi connectivity index (χ1) is 17.0. The van der Waals surface area contributed by atoms with Crippen LogP contribution in [0.3, 0.4) is 0 Å². The molecule has 0 spiro atoms. The lowest BCUT2D eigenvalue weighted by Gasteiger charge is -2.41. The number of carbonyl (C=O) groups excluding carboxylic acids is 2. The van der Waals surface area contributed by atoms with Gasteiger partial charge in [0, 0.05) is 49.7 Å². The monoisotopic (exact) mass is 494 g/mol. The summed E-state index contributed by atoms with van der Waals surface area (Å²) in [4.78, 5) is 33.8. The number of imide groups is 1. The SMILES string of the molecule is N=C(c1ccccc1S)N1CCN(C[C@@H]2CCCC[C@H]2CN2C(=O)[C@@H]3[C@H]4CC[C@@H](C4)[C@@H]3C2=O)CC1. The number of fused-ring (bicyclic) bond motifs is 5. The standard InChI is InChI=1S/C28H38N4O2S/c29-26(22-7-3-4-8-23(22)35)31-13-11-30(12-14-31)16-20-5-1-2-6-21(20)17-32-27(33)24-18-9-10-19(15-18)25(24)28(32)34/h3-4,7-8,18-21,24-25,29,35H,1-2,5-6,9-17H2/t18-,19-,20-,21-,24-,25+/m0/s1. The van der Waals surface area contributed by atoms with Crippen LogP contribution in [0.15, 0.2) is 29.2 Å². The molecule has 2 saturated heterocycles. The predicted molar refractivity (Wildman–Crippen MR) is 139 cm³/mol. The van der Waals surface area contributed by atoms with Crippen molar-refractivity contribution in [1.82, 2.24) is 14.7 Å². The smallest absolute Gasteiger partial charge is 0.233 e. The maximum atomic E-state index is 13.3. The van der Waals surface area contributed by atoms with Crippen LogP contribution in [-0.4, -0.2) is 71.6 Å². The minimum absolute atomic E-state index is 0.00840. The number of rotatable bonds is 5. The quantitative estimate of drug-likeness (QED) is 0.283. The molecule has 0 radical (unpaired) electrons. The van der Waals surface area contributed by atoms with Crippen molar-refractivity contribution in [3.63, 3.8) is 0 Å². The second-order valence-corrected chi connectivity index (χ2v) is 12.1. The largest absolute Gasteiger partial charge is 0.354 e. The second kappa shape index (κ2) is 9.55. The van der Waals surface area contributed by atoms with Crippen LogP contribution in [0.2, 0.25) is 0 Å². The van der Waals surface area contributed by atoms with Gasteiger partial charge in [0.05, 0.1) is 11.8 Å². The van der Waals surface area contributed by atoms with E-state index in [4.69, 9.17) is 5.41 Å². The van der Waals surface area contributed by atoms with Gasteiger partial charge in [-0.25, -0.2) is 0 Å². The van der Waals surface area contributed by atoms with Crippen molar-refractivity contribution in [2.24, 2.45) is 35.5 Å². The van der Waals surface area contributed by atoms with Crippen LogP contribution in [0, 0.1) is 40.9 Å². The fraction of sp³-hybridized carbons (Fsp3) is 0.679. The Morgan fingerprint density at radius 1 is 0.857 bits per heavy atom. The van der Waals surface area contributed by atoms with Gasteiger partial charge < -0.3 is 4.90 Å². The van der Waals surface area contributed by atoms with Crippen molar-refractivity contribution in [2.45, 2.75) is 49.8 Å². The number of amidine groups is 1. The Labute approximate surface area is 214 Å². The molecule has 0 aromatic heterocycles. The van der Waals surface area contributed by atoms with Gasteiger partial charge in [0.25, 0.3) is 0 Å². The highest BCUT2D eigenvalue weighted by Crippen LogP contribution is 2.56. The van der Waals surface area contributed by atoms with Gasteiger partial charge in [-0.05, 0) is 61.8 Å². The maximum absolute atomic E-state index is 13.3. The Kier molecular flexibility index (Phi) is 6.42. The van der Waals surface area contributed by atoms with Crippen LogP contribution >= 0.6 is 12.6 Å². The molecule has 3 aliphatic carbocycles. The summed E-state index contributed by atoms with van der Waals surface area (Å²) in [6, 6.07) is 7.85. The fourth-order valence-electron chi connectivity index (χ4n) is 7.98. The molecule has 3 saturated carbocycles. The second-order valence-electron chi connectivity index (χ2n) is 11.6. The predicted octanol–water partition coefficient (Wildman–Crippen LogP) is 3.76. The molecular formula is C28H38N4O2S. The van der Waals surface area contributed by atoms with Gasteiger partial charge in [-0.1, -0.05) is 31.0 Å². The Morgan fingerprint density at radius 2 is 1.46 bits per heavy atom. The van der Waals surface area contributed by atoms with Crippen LogP contribution in [0.4, 0.5) is 0 Å². The molecule has 6 atom stereocenters. The Balaban J connectivity index is 1.06. The van der Waals surface area contributed by atoms with Crippen molar-refractivity contribution in [3.05, 3.63) is 29.8 Å². The van der Waals surface area contributed by atoms with Gasteiger partial charge in [-0.3, -0.25) is 24.8 Å². The number of nitrogens with zero attached hydrogens (tertiary/aromatic N) is 3. The van der Waals surface area contributed by atoms with Crippen molar-refractivity contribution in [2.75, 3.05) is 39.3 Å². The van der Waals surface area contributed by atoms with E-state index in [9.17, 15) is 9.59 Å². The molecule has 2 amide bonds. The van der Waals surface area contributed by atoms with Gasteiger partial charge in [-0.15, -0.1) is 12.6 Å². The van der Waals surface area contributed by atoms with Crippen molar-refractivity contribution in [1.29, 1.82) is 5.41 Å². The van der Waals surface area contributed by atoms with Gasteiger partial charge in [0.15, 0.2) is 0 Å². The average molecular weight is 495 g/mol. The van der Waals surface area contributed by atoms with E-state index in [1.165, 1.54) is 19.3 Å². The molecule has 7 heteroatoms. The summed E-state index contributed by atoms with van der Waals surface area (Å²) in [6.07, 6.45) is 8.19. The number of carbonyl (C=O) groups is 2. The first kappa shape index (κ1) is 23.5. The molecule has 1 aromatic rings. The van der Waals surface area contributed by atoms with Gasteiger partial charge in [-0.2, -0.15) is 0 Å². The molecule has 1 N–H and O–H groups in total. The van der Waals surface area contributed by atoms with Crippen LogP contribution in [0.5, 0.6) is 0 Å². The molecule has 1 aromatic carbocycles. The van der Waals surface area contributed by atoms with Gasteiger partial charge in [0.1, 0.15) is 5.84 Å². The van der Waals surface area contributed by atoms with Gasteiger partial charge in [0.2, 0.25) is 11.8 Å². The molecule has 6 nitrogen and oxygen atoms in total. The number of amides is 2. The topological polar surface area (TPSA) is 67.7 Å². The Morgan fingerprint density at radius 3 is 2.09 bits per heavy atom. The first-order valence-electron chi connectivity index (χ1n) is 13.7. The first-order valence-corrected chi connectivity index (χ1v) is 14.2. The highest BCUT2D eigenvalue weighted by Gasteiger charge is 2.61. The third-order valence-electron chi connectivity index (χ3n) is 9.84. The summed E-state index contributed by atoms with van der Waals surface area (Å²) in [5.74, 6) is 2.82. The van der Waals surface area contributed by atoms with Crippen LogP contribution in [0.25, 0.3) is 0 Å². The number of benzene rings is 1. The maximum Gasteiger partial charge on any atom is 0.233 e. The van der Waals surface area contributed by atoms with Crippen molar-refractivity contribution in [3.8, 4) is 0 Å². The average Bonchev–Trinajstić information content (AvgIpc) is 3.56. The van der Waals surface area contributed by atoms with Crippen LogP contribution in [-0.2, 0) is 9.59 Å². The molecule has 0 unspecified atom stereocenters. The number of likely N-dealkylation sites (tertiary alicyclic amines) is 1. The molecule has 188 valence electrons. The molecule has 2 heterocycles. The number of hydrogen-bond donors (Lipinski definition) is 2. The highest BCUT2D eigenvalue weighted by molar-refractivity contribution is 7.80. The third kappa shape index (κ3) is 4.22. The zero-order valence-corrected chi connectivity index (χ0v) is 21.5.